The van der Waals surface area contributed by atoms with Crippen LogP contribution in [0.4, 0.5) is 0 Å². The molecular formula is C10H11N3O. The number of fused-ring (bicyclic) bond motifs is 2. The van der Waals surface area contributed by atoms with E-state index in [1.807, 2.05) is 0 Å². The summed E-state index contributed by atoms with van der Waals surface area (Å²) in [6.45, 7) is 0. The lowest BCUT2D eigenvalue weighted by atomic mass is 9.92. The Morgan fingerprint density at radius 3 is 3.00 bits per heavy atom. The molecule has 0 saturated carbocycles. The van der Waals surface area contributed by atoms with Gasteiger partial charge in [0.15, 0.2) is 0 Å². The second kappa shape index (κ2) is 2.77. The van der Waals surface area contributed by atoms with E-state index in [4.69, 9.17) is 0 Å². The third kappa shape index (κ3) is 0.967. The van der Waals surface area contributed by atoms with Crippen molar-refractivity contribution in [1.29, 1.82) is 0 Å². The fourth-order valence-corrected chi connectivity index (χ4v) is 2.47. The van der Waals surface area contributed by atoms with Crippen LogP contribution in [0.1, 0.15) is 36.9 Å². The fraction of sp³-hybridized carbons (Fsp3) is 0.500. The summed E-state index contributed by atoms with van der Waals surface area (Å²) in [5.74, 6) is 0. The Kier molecular flexibility index (Phi) is 1.56. The van der Waals surface area contributed by atoms with Gasteiger partial charge < -0.3 is 0 Å². The van der Waals surface area contributed by atoms with Crippen molar-refractivity contribution in [1.82, 2.24) is 15.4 Å². The highest BCUT2D eigenvalue weighted by molar-refractivity contribution is 5.75. The maximum Gasteiger partial charge on any atom is 0.274 e. The molecule has 0 amide bonds. The summed E-state index contributed by atoms with van der Waals surface area (Å²) in [6.07, 6.45) is 5.46. The van der Waals surface area contributed by atoms with Crippen molar-refractivity contribution in [3.05, 3.63) is 27.2 Å². The molecule has 0 saturated heterocycles. The second-order valence-electron chi connectivity index (χ2n) is 3.93. The number of H-pyrrole nitrogens is 1. The lowest BCUT2D eigenvalue weighted by Gasteiger charge is -2.12. The topological polar surface area (TPSA) is 58.6 Å². The van der Waals surface area contributed by atoms with Gasteiger partial charge in [0.1, 0.15) is 0 Å². The van der Waals surface area contributed by atoms with Crippen molar-refractivity contribution in [2.75, 3.05) is 0 Å². The molecule has 4 nitrogen and oxygen atoms in total. The zero-order valence-corrected chi connectivity index (χ0v) is 7.84. The number of aromatic nitrogens is 3. The van der Waals surface area contributed by atoms with E-state index in [2.05, 4.69) is 15.4 Å². The van der Waals surface area contributed by atoms with Crippen molar-refractivity contribution in [2.24, 2.45) is 0 Å². The van der Waals surface area contributed by atoms with Crippen molar-refractivity contribution in [2.45, 2.75) is 32.1 Å². The molecule has 4 heteroatoms. The maximum atomic E-state index is 11.6. The highest BCUT2D eigenvalue weighted by Crippen LogP contribution is 2.38. The molecule has 0 unspecified atom stereocenters. The molecule has 0 spiro atoms. The second-order valence-corrected chi connectivity index (χ2v) is 3.93. The Hall–Kier alpha value is -1.45. The zero-order chi connectivity index (χ0) is 9.54. The van der Waals surface area contributed by atoms with Crippen LogP contribution in [0.3, 0.4) is 0 Å². The van der Waals surface area contributed by atoms with Crippen LogP contribution in [-0.4, -0.2) is 15.4 Å². The molecule has 3 rings (SSSR count). The maximum absolute atomic E-state index is 11.6. The van der Waals surface area contributed by atoms with Crippen molar-refractivity contribution >= 4 is 5.57 Å². The number of allylic oxidation sites excluding steroid dienone is 2. The smallest absolute Gasteiger partial charge is 0.267 e. The summed E-state index contributed by atoms with van der Waals surface area (Å²) >= 11 is 0. The molecular weight excluding hydrogens is 178 g/mol. The van der Waals surface area contributed by atoms with E-state index in [0.29, 0.717) is 0 Å². The number of nitrogens with one attached hydrogen (secondary N) is 1. The minimum Gasteiger partial charge on any atom is -0.267 e. The lowest BCUT2D eigenvalue weighted by Crippen LogP contribution is -2.16. The lowest BCUT2D eigenvalue weighted by molar-refractivity contribution is 0.709. The normalized spacial score (nSPS) is 19.4. The molecule has 2 aliphatic carbocycles. The monoisotopic (exact) mass is 189 g/mol. The van der Waals surface area contributed by atoms with Crippen LogP contribution in [0, 0.1) is 0 Å². The number of nitrogens with zero attached hydrogens (tertiary/aromatic N) is 2. The Balaban J connectivity index is 2.22. The molecule has 1 aromatic rings. The molecule has 0 bridgehead atoms. The van der Waals surface area contributed by atoms with Gasteiger partial charge in [-0.05, 0) is 31.3 Å². The van der Waals surface area contributed by atoms with Gasteiger partial charge in [0.05, 0.1) is 11.3 Å². The average molecular weight is 189 g/mol. The molecule has 0 fully saturated rings. The minimum atomic E-state index is -0.0677. The SMILES string of the molecule is O=c1[nH]nnc2c1C1=C(CCCC1)C2. The first-order chi connectivity index (χ1) is 6.86. The molecule has 2 aliphatic rings. The molecule has 1 N–H and O–H groups in total. The summed E-state index contributed by atoms with van der Waals surface area (Å²) in [6, 6.07) is 0. The predicted octanol–water partition coefficient (Wildman–Crippen LogP) is 1.05. The highest BCUT2D eigenvalue weighted by atomic mass is 16.1. The van der Waals surface area contributed by atoms with E-state index in [9.17, 15) is 4.79 Å². The largest absolute Gasteiger partial charge is 0.274 e. The standard InChI is InChI=1S/C10H11N3O/c14-10-9-7-4-2-1-3-6(7)5-8(9)11-13-12-10/h1-5H2,(H,11,12,14). The van der Waals surface area contributed by atoms with Crippen molar-refractivity contribution < 1.29 is 0 Å². The van der Waals surface area contributed by atoms with E-state index in [1.54, 1.807) is 0 Å². The van der Waals surface area contributed by atoms with E-state index in [-0.39, 0.29) is 5.56 Å². The molecule has 1 heterocycles. The van der Waals surface area contributed by atoms with Gasteiger partial charge in [-0.25, -0.2) is 5.10 Å². The van der Waals surface area contributed by atoms with Gasteiger partial charge in [-0.15, -0.1) is 5.10 Å². The van der Waals surface area contributed by atoms with Crippen molar-refractivity contribution in [3.8, 4) is 0 Å². The summed E-state index contributed by atoms with van der Waals surface area (Å²) < 4.78 is 0. The summed E-state index contributed by atoms with van der Waals surface area (Å²) in [5, 5.41) is 10.0. The number of hydrogen-bond donors (Lipinski definition) is 1. The van der Waals surface area contributed by atoms with Gasteiger partial charge in [0.25, 0.3) is 5.56 Å². The highest BCUT2D eigenvalue weighted by Gasteiger charge is 2.27. The van der Waals surface area contributed by atoms with Crippen LogP contribution in [0.5, 0.6) is 0 Å². The van der Waals surface area contributed by atoms with Gasteiger partial charge in [-0.2, -0.15) is 0 Å². The first kappa shape index (κ1) is 7.91. The Morgan fingerprint density at radius 2 is 2.07 bits per heavy atom. The Morgan fingerprint density at radius 1 is 1.21 bits per heavy atom. The van der Waals surface area contributed by atoms with E-state index < -0.39 is 0 Å². The quantitative estimate of drug-likeness (QED) is 0.663. The zero-order valence-electron chi connectivity index (χ0n) is 7.84. The molecule has 1 aromatic heterocycles. The number of aromatic amines is 1. The van der Waals surface area contributed by atoms with Crippen LogP contribution < -0.4 is 5.56 Å². The van der Waals surface area contributed by atoms with Gasteiger partial charge >= 0.3 is 0 Å². The molecule has 14 heavy (non-hydrogen) atoms. The number of rotatable bonds is 0. The van der Waals surface area contributed by atoms with Crippen molar-refractivity contribution in [3.63, 3.8) is 0 Å². The summed E-state index contributed by atoms with van der Waals surface area (Å²) in [5.41, 5.74) is 4.29. The molecule has 0 radical (unpaired) electrons. The minimum absolute atomic E-state index is 0.0677. The summed E-state index contributed by atoms with van der Waals surface area (Å²) in [4.78, 5) is 11.6. The number of hydrogen-bond acceptors (Lipinski definition) is 3. The summed E-state index contributed by atoms with van der Waals surface area (Å²) in [7, 11) is 0. The van der Waals surface area contributed by atoms with E-state index in [0.717, 1.165) is 30.5 Å². The van der Waals surface area contributed by atoms with Crippen LogP contribution in [-0.2, 0) is 6.42 Å². The van der Waals surface area contributed by atoms with Gasteiger partial charge in [0, 0.05) is 6.42 Å². The van der Waals surface area contributed by atoms with Gasteiger partial charge in [-0.1, -0.05) is 10.8 Å². The molecule has 0 aromatic carbocycles. The van der Waals surface area contributed by atoms with Gasteiger partial charge in [-0.3, -0.25) is 4.79 Å². The predicted molar refractivity (Wildman–Crippen MR) is 51.7 cm³/mol. The van der Waals surface area contributed by atoms with Gasteiger partial charge in [0.2, 0.25) is 0 Å². The van der Waals surface area contributed by atoms with E-state index in [1.165, 1.54) is 24.0 Å². The Labute approximate surface area is 81.0 Å². The third-order valence-electron chi connectivity index (χ3n) is 3.10. The van der Waals surface area contributed by atoms with Crippen LogP contribution in [0.25, 0.3) is 5.57 Å². The first-order valence-corrected chi connectivity index (χ1v) is 5.02. The molecule has 72 valence electrons. The third-order valence-corrected chi connectivity index (χ3v) is 3.10. The van der Waals surface area contributed by atoms with Crippen LogP contribution in [0.2, 0.25) is 0 Å². The van der Waals surface area contributed by atoms with Crippen LogP contribution in [0.15, 0.2) is 10.4 Å². The Bertz CT molecular complexity index is 473. The average Bonchev–Trinajstić information content (AvgIpc) is 2.57. The van der Waals surface area contributed by atoms with E-state index >= 15 is 0 Å². The molecule has 0 aliphatic heterocycles. The molecule has 0 atom stereocenters. The van der Waals surface area contributed by atoms with Crippen LogP contribution >= 0.6 is 0 Å². The fourth-order valence-electron chi connectivity index (χ4n) is 2.47. The first-order valence-electron chi connectivity index (χ1n) is 5.02.